The van der Waals surface area contributed by atoms with Gasteiger partial charge in [-0.15, -0.1) is 0 Å². The van der Waals surface area contributed by atoms with Crippen LogP contribution in [0.3, 0.4) is 0 Å². The molecule has 1 aliphatic rings. The van der Waals surface area contributed by atoms with Gasteiger partial charge in [-0.05, 0) is 49.2 Å². The summed E-state index contributed by atoms with van der Waals surface area (Å²) in [5, 5.41) is 0. The third-order valence-corrected chi connectivity index (χ3v) is 7.16. The summed E-state index contributed by atoms with van der Waals surface area (Å²) in [6.07, 6.45) is 0.294. The molecule has 3 rings (SSSR count). The first-order chi connectivity index (χ1) is 14.8. The van der Waals surface area contributed by atoms with E-state index in [1.165, 1.54) is 6.07 Å². The molecule has 0 aliphatic carbocycles. The normalized spacial score (nSPS) is 16.2. The number of amides is 1. The van der Waals surface area contributed by atoms with E-state index in [0.29, 0.717) is 30.8 Å². The Kier molecular flexibility index (Phi) is 7.69. The summed E-state index contributed by atoms with van der Waals surface area (Å²) in [5.41, 5.74) is 1.62. The van der Waals surface area contributed by atoms with Crippen LogP contribution in [0.2, 0.25) is 0 Å². The van der Waals surface area contributed by atoms with Crippen molar-refractivity contribution in [3.05, 3.63) is 59.7 Å². The summed E-state index contributed by atoms with van der Waals surface area (Å²) < 4.78 is 34.2. The van der Waals surface area contributed by atoms with Gasteiger partial charge < -0.3 is 14.5 Å². The lowest BCUT2D eigenvalue weighted by Crippen LogP contribution is -2.55. The molecule has 1 fully saturated rings. The second kappa shape index (κ2) is 10.3. The predicted molar refractivity (Wildman–Crippen MR) is 121 cm³/mol. The zero-order valence-corrected chi connectivity index (χ0v) is 19.2. The second-order valence-electron chi connectivity index (χ2n) is 7.75. The van der Waals surface area contributed by atoms with Crippen LogP contribution in [-0.4, -0.2) is 70.0 Å². The second-order valence-corrected chi connectivity index (χ2v) is 9.47. The number of piperazine rings is 1. The smallest absolute Gasteiger partial charge is 0.241 e. The monoisotopic (exact) mass is 445 g/mol. The number of hydrogen-bond donors (Lipinski definition) is 1. The highest BCUT2D eigenvalue weighted by atomic mass is 32.2. The quantitative estimate of drug-likeness (QED) is 0.673. The van der Waals surface area contributed by atoms with Crippen LogP contribution in [0.4, 0.5) is 0 Å². The van der Waals surface area contributed by atoms with E-state index in [-0.39, 0.29) is 10.8 Å². The minimum Gasteiger partial charge on any atom is -0.496 e. The molecular formula is C23H31N3O4S. The van der Waals surface area contributed by atoms with Crippen LogP contribution >= 0.6 is 0 Å². The Bertz CT molecular complexity index is 987. The molecule has 0 bridgehead atoms. The lowest BCUT2D eigenvalue weighted by molar-refractivity contribution is -0.134. The lowest BCUT2D eigenvalue weighted by Gasteiger charge is -2.36. The summed E-state index contributed by atoms with van der Waals surface area (Å²) in [6, 6.07) is 13.3. The zero-order chi connectivity index (χ0) is 22.4. The number of carbonyl (C=O) groups is 1. The zero-order valence-electron chi connectivity index (χ0n) is 18.4. The molecule has 1 unspecified atom stereocenters. The fraction of sp³-hybridized carbons (Fsp3) is 0.435. The third kappa shape index (κ3) is 5.84. The molecule has 1 N–H and O–H groups in total. The highest BCUT2D eigenvalue weighted by molar-refractivity contribution is 7.89. The molecule has 1 atom stereocenters. The minimum absolute atomic E-state index is 0.118. The van der Waals surface area contributed by atoms with Gasteiger partial charge in [-0.2, -0.15) is 4.72 Å². The van der Waals surface area contributed by atoms with Crippen molar-refractivity contribution in [1.82, 2.24) is 14.5 Å². The maximum Gasteiger partial charge on any atom is 0.241 e. The van der Waals surface area contributed by atoms with Crippen molar-refractivity contribution in [1.29, 1.82) is 0 Å². The summed E-state index contributed by atoms with van der Waals surface area (Å²) in [6.45, 7) is 7.62. The van der Waals surface area contributed by atoms with Crippen LogP contribution in [0.5, 0.6) is 5.75 Å². The van der Waals surface area contributed by atoms with Gasteiger partial charge in [0.25, 0.3) is 0 Å². The Balaban J connectivity index is 1.83. The number of benzene rings is 2. The first-order valence-corrected chi connectivity index (χ1v) is 12.0. The number of hydrogen-bond acceptors (Lipinski definition) is 5. The van der Waals surface area contributed by atoms with Crippen LogP contribution in [0.25, 0.3) is 0 Å². The van der Waals surface area contributed by atoms with Crippen LogP contribution in [0.1, 0.15) is 18.1 Å². The Morgan fingerprint density at radius 1 is 1.10 bits per heavy atom. The molecule has 1 amide bonds. The molecule has 2 aromatic carbocycles. The summed E-state index contributed by atoms with van der Waals surface area (Å²) in [7, 11) is -2.35. The largest absolute Gasteiger partial charge is 0.496 e. The molecule has 2 aromatic rings. The molecule has 7 nitrogen and oxygen atoms in total. The number of carbonyl (C=O) groups excluding carboxylic acids is 1. The van der Waals surface area contributed by atoms with E-state index in [9.17, 15) is 13.2 Å². The Hall–Kier alpha value is -2.42. The molecule has 8 heteroatoms. The minimum atomic E-state index is -3.89. The van der Waals surface area contributed by atoms with Gasteiger partial charge in [0.05, 0.1) is 12.0 Å². The molecule has 0 spiro atoms. The number of ether oxygens (including phenoxy) is 1. The van der Waals surface area contributed by atoms with E-state index in [1.54, 1.807) is 31.1 Å². The number of nitrogens with zero attached hydrogens (tertiary/aromatic N) is 2. The number of aryl methyl sites for hydroxylation is 1. The van der Waals surface area contributed by atoms with Gasteiger partial charge in [0, 0.05) is 26.2 Å². The molecule has 1 aliphatic heterocycles. The maximum absolute atomic E-state index is 13.3. The van der Waals surface area contributed by atoms with Gasteiger partial charge in [0.1, 0.15) is 11.8 Å². The van der Waals surface area contributed by atoms with Crippen molar-refractivity contribution in [2.24, 2.45) is 0 Å². The predicted octanol–water partition coefficient (Wildman–Crippen LogP) is 2.06. The number of methoxy groups -OCH3 is 1. The first kappa shape index (κ1) is 23.2. The van der Waals surface area contributed by atoms with Crippen molar-refractivity contribution in [2.75, 3.05) is 39.8 Å². The molecule has 0 saturated carbocycles. The molecule has 0 radical (unpaired) electrons. The van der Waals surface area contributed by atoms with Crippen LogP contribution in [0, 0.1) is 6.92 Å². The Morgan fingerprint density at radius 2 is 1.77 bits per heavy atom. The Morgan fingerprint density at radius 3 is 2.35 bits per heavy atom. The summed E-state index contributed by atoms with van der Waals surface area (Å²) in [4.78, 5) is 17.5. The highest BCUT2D eigenvalue weighted by Crippen LogP contribution is 2.22. The highest BCUT2D eigenvalue weighted by Gasteiger charge is 2.31. The van der Waals surface area contributed by atoms with Crippen molar-refractivity contribution in [3.8, 4) is 5.75 Å². The average molecular weight is 446 g/mol. The molecule has 31 heavy (non-hydrogen) atoms. The molecule has 0 aromatic heterocycles. The van der Waals surface area contributed by atoms with E-state index in [0.717, 1.165) is 25.2 Å². The van der Waals surface area contributed by atoms with Crippen LogP contribution in [-0.2, 0) is 21.2 Å². The number of likely N-dealkylation sites (N-methyl/N-ethyl adjacent to an activating group) is 1. The standard InChI is InChI=1S/C23H31N3O4S/c1-4-25-12-14-26(15-13-25)23(27)21(17-19-8-6-5-7-9-19)24-31(28,29)20-10-11-22(30-3)18(2)16-20/h5-11,16,21,24H,4,12-15,17H2,1-3H3. The van der Waals surface area contributed by atoms with Gasteiger partial charge in [-0.25, -0.2) is 8.42 Å². The third-order valence-electron chi connectivity index (χ3n) is 5.69. The van der Waals surface area contributed by atoms with Crippen molar-refractivity contribution >= 4 is 15.9 Å². The van der Waals surface area contributed by atoms with Gasteiger partial charge in [-0.1, -0.05) is 37.3 Å². The van der Waals surface area contributed by atoms with Gasteiger partial charge >= 0.3 is 0 Å². The first-order valence-electron chi connectivity index (χ1n) is 10.6. The fourth-order valence-electron chi connectivity index (χ4n) is 3.81. The van der Waals surface area contributed by atoms with Crippen molar-refractivity contribution < 1.29 is 17.9 Å². The number of rotatable bonds is 8. The van der Waals surface area contributed by atoms with E-state index in [2.05, 4.69) is 16.5 Å². The SMILES string of the molecule is CCN1CCN(C(=O)C(Cc2ccccc2)NS(=O)(=O)c2ccc(OC)c(C)c2)CC1. The topological polar surface area (TPSA) is 79.0 Å². The Labute approximate surface area is 185 Å². The van der Waals surface area contributed by atoms with Crippen LogP contribution in [0.15, 0.2) is 53.4 Å². The maximum atomic E-state index is 13.3. The number of sulfonamides is 1. The van der Waals surface area contributed by atoms with Gasteiger partial charge in [0.15, 0.2) is 0 Å². The molecule has 1 heterocycles. The molecular weight excluding hydrogens is 414 g/mol. The van der Waals surface area contributed by atoms with Crippen molar-refractivity contribution in [3.63, 3.8) is 0 Å². The number of nitrogens with one attached hydrogen (secondary N) is 1. The van der Waals surface area contributed by atoms with E-state index < -0.39 is 16.1 Å². The average Bonchev–Trinajstić information content (AvgIpc) is 2.78. The lowest BCUT2D eigenvalue weighted by atomic mass is 10.1. The van der Waals surface area contributed by atoms with Crippen LogP contribution < -0.4 is 9.46 Å². The summed E-state index contributed by atoms with van der Waals surface area (Å²) >= 11 is 0. The van der Waals surface area contributed by atoms with Gasteiger partial charge in [0.2, 0.25) is 15.9 Å². The van der Waals surface area contributed by atoms with E-state index in [4.69, 9.17) is 4.74 Å². The molecule has 168 valence electrons. The van der Waals surface area contributed by atoms with Crippen molar-refractivity contribution in [2.45, 2.75) is 31.2 Å². The van der Waals surface area contributed by atoms with Gasteiger partial charge in [-0.3, -0.25) is 4.79 Å². The molecule has 1 saturated heterocycles. The summed E-state index contributed by atoms with van der Waals surface area (Å²) in [5.74, 6) is 0.429. The van der Waals surface area contributed by atoms with E-state index >= 15 is 0 Å². The van der Waals surface area contributed by atoms with E-state index in [1.807, 2.05) is 30.3 Å². The fourth-order valence-corrected chi connectivity index (χ4v) is 5.08.